The lowest BCUT2D eigenvalue weighted by molar-refractivity contribution is -0.141. The number of hydrogen-bond donors (Lipinski definition) is 0. The monoisotopic (exact) mass is 293 g/mol. The van der Waals surface area contributed by atoms with Gasteiger partial charge in [0.2, 0.25) is 5.91 Å². The highest BCUT2D eigenvalue weighted by molar-refractivity contribution is 5.79. The molecule has 7 nitrogen and oxygen atoms in total. The first-order valence-electron chi connectivity index (χ1n) is 7.74. The molecular formula is C14H23N5O2. The predicted molar refractivity (Wildman–Crippen MR) is 76.6 cm³/mol. The molecule has 1 aromatic heterocycles. The average molecular weight is 293 g/mol. The van der Waals surface area contributed by atoms with E-state index in [0.29, 0.717) is 19.1 Å². The summed E-state index contributed by atoms with van der Waals surface area (Å²) in [7, 11) is 0. The highest BCUT2D eigenvalue weighted by atomic mass is 16.5. The van der Waals surface area contributed by atoms with Crippen molar-refractivity contribution in [1.82, 2.24) is 24.6 Å². The Hall–Kier alpha value is -1.47. The van der Waals surface area contributed by atoms with E-state index in [9.17, 15) is 4.79 Å². The fourth-order valence-electron chi connectivity index (χ4n) is 3.04. The third kappa shape index (κ3) is 3.79. The summed E-state index contributed by atoms with van der Waals surface area (Å²) in [6, 6.07) is 0. The molecule has 3 rings (SSSR count). The third-order valence-corrected chi connectivity index (χ3v) is 4.40. The number of amides is 1. The summed E-state index contributed by atoms with van der Waals surface area (Å²) in [4.78, 5) is 16.8. The summed E-state index contributed by atoms with van der Waals surface area (Å²) in [6.07, 6.45) is 5.43. The number of carbonyl (C=O) groups excluding carboxylic acids is 1. The molecule has 1 aromatic rings. The van der Waals surface area contributed by atoms with Crippen molar-refractivity contribution >= 4 is 5.91 Å². The van der Waals surface area contributed by atoms with Gasteiger partial charge in [0.15, 0.2) is 0 Å². The van der Waals surface area contributed by atoms with Crippen molar-refractivity contribution < 1.29 is 9.53 Å². The fraction of sp³-hybridized carbons (Fsp3) is 0.786. The van der Waals surface area contributed by atoms with Gasteiger partial charge in [-0.3, -0.25) is 4.79 Å². The van der Waals surface area contributed by atoms with Gasteiger partial charge in [-0.05, 0) is 25.9 Å². The van der Waals surface area contributed by atoms with Crippen molar-refractivity contribution in [3.63, 3.8) is 0 Å². The van der Waals surface area contributed by atoms with Crippen LogP contribution in [-0.4, -0.2) is 76.4 Å². The number of likely N-dealkylation sites (tertiary alicyclic amines) is 1. The Morgan fingerprint density at radius 2 is 1.71 bits per heavy atom. The molecule has 7 heteroatoms. The van der Waals surface area contributed by atoms with E-state index in [0.717, 1.165) is 52.1 Å². The number of carbonyl (C=O) groups is 1. The molecule has 2 saturated heterocycles. The van der Waals surface area contributed by atoms with Gasteiger partial charge in [0, 0.05) is 32.1 Å². The van der Waals surface area contributed by atoms with Gasteiger partial charge in [-0.25, -0.2) is 0 Å². The Balaban J connectivity index is 1.41. The molecule has 0 aliphatic carbocycles. The van der Waals surface area contributed by atoms with E-state index in [-0.39, 0.29) is 5.92 Å². The number of rotatable bonds is 4. The van der Waals surface area contributed by atoms with E-state index in [2.05, 4.69) is 15.1 Å². The maximum atomic E-state index is 12.4. The molecule has 2 fully saturated rings. The van der Waals surface area contributed by atoms with Crippen LogP contribution in [0.25, 0.3) is 0 Å². The molecule has 116 valence electrons. The zero-order chi connectivity index (χ0) is 14.5. The number of nitrogens with zero attached hydrogens (tertiary/aromatic N) is 5. The number of morpholine rings is 1. The molecule has 0 spiro atoms. The first-order chi connectivity index (χ1) is 10.3. The second-order valence-corrected chi connectivity index (χ2v) is 5.75. The minimum Gasteiger partial charge on any atom is -0.378 e. The smallest absolute Gasteiger partial charge is 0.225 e. The van der Waals surface area contributed by atoms with E-state index in [1.807, 2.05) is 9.47 Å². The molecule has 0 atom stereocenters. The highest BCUT2D eigenvalue weighted by Gasteiger charge is 2.29. The molecule has 21 heavy (non-hydrogen) atoms. The van der Waals surface area contributed by atoms with Crippen molar-refractivity contribution in [2.75, 3.05) is 45.9 Å². The second kappa shape index (κ2) is 7.00. The van der Waals surface area contributed by atoms with Gasteiger partial charge in [-0.15, -0.1) is 10.2 Å². The minimum atomic E-state index is 0.203. The normalized spacial score (nSPS) is 21.6. The Bertz CT molecular complexity index is 436. The van der Waals surface area contributed by atoms with Crippen LogP contribution in [0.4, 0.5) is 0 Å². The third-order valence-electron chi connectivity index (χ3n) is 4.40. The van der Waals surface area contributed by atoms with Crippen molar-refractivity contribution in [1.29, 1.82) is 0 Å². The fourth-order valence-corrected chi connectivity index (χ4v) is 3.04. The molecular weight excluding hydrogens is 270 g/mol. The zero-order valence-corrected chi connectivity index (χ0v) is 12.4. The number of hydrogen-bond acceptors (Lipinski definition) is 5. The van der Waals surface area contributed by atoms with E-state index in [1.54, 1.807) is 12.7 Å². The van der Waals surface area contributed by atoms with Gasteiger partial charge in [-0.2, -0.15) is 0 Å². The summed E-state index contributed by atoms with van der Waals surface area (Å²) in [5.41, 5.74) is 0. The van der Waals surface area contributed by atoms with Crippen LogP contribution in [0.5, 0.6) is 0 Å². The molecule has 0 unspecified atom stereocenters. The van der Waals surface area contributed by atoms with Gasteiger partial charge < -0.3 is 19.1 Å². The van der Waals surface area contributed by atoms with E-state index in [4.69, 9.17) is 4.74 Å². The average Bonchev–Trinajstić information content (AvgIpc) is 3.07. The Morgan fingerprint density at radius 3 is 2.38 bits per heavy atom. The van der Waals surface area contributed by atoms with Crippen LogP contribution in [0.2, 0.25) is 0 Å². The van der Waals surface area contributed by atoms with Crippen molar-refractivity contribution in [3.05, 3.63) is 12.7 Å². The van der Waals surface area contributed by atoms with Crippen LogP contribution in [0, 0.1) is 5.92 Å². The molecule has 0 aromatic carbocycles. The maximum absolute atomic E-state index is 12.4. The van der Waals surface area contributed by atoms with Gasteiger partial charge in [-0.1, -0.05) is 0 Å². The minimum absolute atomic E-state index is 0.203. The van der Waals surface area contributed by atoms with Gasteiger partial charge in [0.25, 0.3) is 0 Å². The quantitative estimate of drug-likeness (QED) is 0.772. The largest absolute Gasteiger partial charge is 0.378 e. The van der Waals surface area contributed by atoms with Gasteiger partial charge >= 0.3 is 0 Å². The SMILES string of the molecule is O=C(C1CCN(CCn2cnnc2)CC1)N1CCOCC1. The topological polar surface area (TPSA) is 63.5 Å². The van der Waals surface area contributed by atoms with Crippen LogP contribution >= 0.6 is 0 Å². The summed E-state index contributed by atoms with van der Waals surface area (Å²) in [6.45, 7) is 6.80. The lowest BCUT2D eigenvalue weighted by Crippen LogP contribution is -2.47. The lowest BCUT2D eigenvalue weighted by Gasteiger charge is -2.35. The van der Waals surface area contributed by atoms with Crippen LogP contribution in [-0.2, 0) is 16.1 Å². The van der Waals surface area contributed by atoms with Crippen molar-refractivity contribution in [2.24, 2.45) is 5.92 Å². The van der Waals surface area contributed by atoms with Crippen molar-refractivity contribution in [2.45, 2.75) is 19.4 Å². The Kier molecular flexibility index (Phi) is 4.82. The van der Waals surface area contributed by atoms with Gasteiger partial charge in [0.1, 0.15) is 12.7 Å². The summed E-state index contributed by atoms with van der Waals surface area (Å²) >= 11 is 0. The Labute approximate surface area is 124 Å². The summed E-state index contributed by atoms with van der Waals surface area (Å²) < 4.78 is 7.30. The second-order valence-electron chi connectivity index (χ2n) is 5.75. The van der Waals surface area contributed by atoms with E-state index in [1.165, 1.54) is 0 Å². The van der Waals surface area contributed by atoms with Crippen LogP contribution in [0.1, 0.15) is 12.8 Å². The summed E-state index contributed by atoms with van der Waals surface area (Å²) in [5.74, 6) is 0.533. The first-order valence-corrected chi connectivity index (χ1v) is 7.74. The van der Waals surface area contributed by atoms with Gasteiger partial charge in [0.05, 0.1) is 13.2 Å². The highest BCUT2D eigenvalue weighted by Crippen LogP contribution is 2.20. The van der Waals surface area contributed by atoms with E-state index >= 15 is 0 Å². The molecule has 0 radical (unpaired) electrons. The van der Waals surface area contributed by atoms with E-state index < -0.39 is 0 Å². The first kappa shape index (κ1) is 14.5. The Morgan fingerprint density at radius 1 is 1.05 bits per heavy atom. The molecule has 0 bridgehead atoms. The molecule has 2 aliphatic rings. The zero-order valence-electron chi connectivity index (χ0n) is 12.4. The molecule has 3 heterocycles. The maximum Gasteiger partial charge on any atom is 0.225 e. The van der Waals surface area contributed by atoms with Crippen LogP contribution in [0.3, 0.4) is 0 Å². The van der Waals surface area contributed by atoms with Crippen molar-refractivity contribution in [3.8, 4) is 0 Å². The molecule has 0 N–H and O–H groups in total. The number of piperidine rings is 1. The molecule has 1 amide bonds. The predicted octanol–water partition coefficient (Wildman–Crippen LogP) is -0.151. The lowest BCUT2D eigenvalue weighted by atomic mass is 9.95. The molecule has 0 saturated carbocycles. The molecule has 2 aliphatic heterocycles. The number of ether oxygens (including phenoxy) is 1. The van der Waals surface area contributed by atoms with Crippen LogP contribution in [0.15, 0.2) is 12.7 Å². The standard InChI is InChI=1S/C14H23N5O2/c20-14(19-7-9-21-10-8-19)13-1-3-17(4-2-13)5-6-18-11-15-16-12-18/h11-13H,1-10H2. The van der Waals surface area contributed by atoms with Crippen LogP contribution < -0.4 is 0 Å². The number of aromatic nitrogens is 3. The summed E-state index contributed by atoms with van der Waals surface area (Å²) in [5, 5.41) is 7.61.